The minimum atomic E-state index is -2.04. The first-order valence-electron chi connectivity index (χ1n) is 33.5. The fraction of sp³-hybridized carbons (Fsp3) is 0.471. The van der Waals surface area contributed by atoms with Crippen LogP contribution in [0.1, 0.15) is 110 Å². The number of nitrogens with zero attached hydrogens (tertiary/aromatic N) is 1. The van der Waals surface area contributed by atoms with Crippen LogP contribution < -0.4 is 80.3 Å². The highest BCUT2D eigenvalue weighted by atomic mass is 16.6. The van der Waals surface area contributed by atoms with E-state index in [2.05, 4.69) is 58.5 Å². The highest BCUT2D eigenvalue weighted by molar-refractivity contribution is 6.01. The number of nitrogens with two attached hydrogens (primary N) is 2. The van der Waals surface area contributed by atoms with Crippen LogP contribution in [0.3, 0.4) is 0 Å². The smallest absolute Gasteiger partial charge is 0.336 e. The molecule has 38 nitrogen and oxygen atoms in total. The van der Waals surface area contributed by atoms with Crippen LogP contribution in [0.15, 0.2) is 88.1 Å². The zero-order valence-corrected chi connectivity index (χ0v) is 58.9. The molecule has 0 radical (unpaired) electrons. The largest absolute Gasteiger partial charge is 0.497 e. The number of aliphatic carboxylic acids is 3. The lowest BCUT2D eigenvalue weighted by atomic mass is 10.00. The van der Waals surface area contributed by atoms with E-state index in [0.717, 1.165) is 13.0 Å². The summed E-state index contributed by atoms with van der Waals surface area (Å²) in [5.74, 6) is -19.1. The molecule has 0 aliphatic carbocycles. The standard InChI is InChI=1S/C68H90N14O24/c1-34(2)26-46(77-66(100)48(31-52(69)84)80-68(102)58(35(3)4)81-62(96)45(22-24-55(88)89)76-67(101)50(33-83)73-53(85)28-38-29-57(92)106-51-30-41(105-6)19-20-42(38)51)64(98)79-49(32-56(90)91)63(97)72-36(5)60(94)75-44(21-23-54(86)87)61(95)78-47(27-37-12-8-7-9-13-37)65(99)74-43(59(70)93)14-10-11-25-71-39-15-17-40(18-16-39)82(103)104/h7-9,12-13,15-20,29-30,34-36,43-50,58,71,83H,10-11,14,21-28,31-33H2,1-6H3,(H2,69,84)(H2,70,93)(H,72,97)(H,73,85)(H,74,99)(H,75,94)(H,76,101)(H,77,100)(H,78,95)(H,79,98)(H,80,102)(H,81,96)(H,86,87)(H,88,89)(H,90,91). The molecule has 106 heavy (non-hydrogen) atoms. The third kappa shape index (κ3) is 29.3. The Morgan fingerprint density at radius 3 is 1.62 bits per heavy atom. The van der Waals surface area contributed by atoms with Crippen LogP contribution in [0.2, 0.25) is 0 Å². The molecule has 0 fully saturated rings. The number of non-ortho nitro benzene ring substituents is 1. The summed E-state index contributed by atoms with van der Waals surface area (Å²) in [5.41, 5.74) is 11.6. The van der Waals surface area contributed by atoms with Gasteiger partial charge in [0.25, 0.3) is 5.69 Å². The first-order valence-corrected chi connectivity index (χ1v) is 33.5. The lowest BCUT2D eigenvalue weighted by molar-refractivity contribution is -0.384. The van der Waals surface area contributed by atoms with Crippen molar-refractivity contribution in [2.24, 2.45) is 23.3 Å². The molecule has 19 N–H and O–H groups in total. The first-order chi connectivity index (χ1) is 50.0. The van der Waals surface area contributed by atoms with Gasteiger partial charge in [-0.1, -0.05) is 58.0 Å². The first kappa shape index (κ1) is 86.3. The van der Waals surface area contributed by atoms with E-state index in [-0.39, 0.29) is 36.1 Å². The number of primary amides is 2. The Balaban J connectivity index is 1.47. The maximum atomic E-state index is 14.2. The van der Waals surface area contributed by atoms with Crippen LogP contribution in [0, 0.1) is 22.0 Å². The number of carboxylic acid groups (broad SMARTS) is 3. The second-order valence-corrected chi connectivity index (χ2v) is 25.4. The number of nitrogens with one attached hydrogen (secondary N) is 11. The van der Waals surface area contributed by atoms with Crippen molar-refractivity contribution in [2.45, 2.75) is 172 Å². The summed E-state index contributed by atoms with van der Waals surface area (Å²) in [6, 6.07) is 2.26. The molecule has 576 valence electrons. The number of hydrogen-bond donors (Lipinski definition) is 17. The number of aliphatic hydroxyl groups excluding tert-OH is 1. The number of anilines is 1. The molecule has 12 amide bonds. The number of carbonyl (C=O) groups is 15. The zero-order chi connectivity index (χ0) is 79.1. The van der Waals surface area contributed by atoms with Crippen molar-refractivity contribution in [3.8, 4) is 5.75 Å². The Labute approximate surface area is 605 Å². The minimum absolute atomic E-state index is 0.0338. The highest BCUT2D eigenvalue weighted by Gasteiger charge is 2.38. The van der Waals surface area contributed by atoms with E-state index in [1.54, 1.807) is 44.2 Å². The summed E-state index contributed by atoms with van der Waals surface area (Å²) in [7, 11) is 1.38. The van der Waals surface area contributed by atoms with Crippen LogP contribution in [-0.2, 0) is 84.8 Å². The molecule has 0 aliphatic rings. The quantitative estimate of drug-likeness (QED) is 0.00976. The number of carboxylic acids is 3. The van der Waals surface area contributed by atoms with E-state index in [1.165, 1.54) is 63.4 Å². The van der Waals surface area contributed by atoms with Crippen molar-refractivity contribution in [3.05, 3.63) is 111 Å². The Morgan fingerprint density at radius 2 is 1.07 bits per heavy atom. The highest BCUT2D eigenvalue weighted by Crippen LogP contribution is 2.23. The molecule has 0 saturated carbocycles. The molecular weight excluding hydrogens is 1400 g/mol. The van der Waals surface area contributed by atoms with Gasteiger partial charge in [0.2, 0.25) is 70.9 Å². The van der Waals surface area contributed by atoms with Gasteiger partial charge in [-0.25, -0.2) is 4.79 Å². The SMILES string of the molecule is COc1ccc2c(CC(=O)NC(CO)C(=O)NC(CCC(=O)O)C(=O)NC(C(=O)NC(CC(N)=O)C(=O)NC(CC(C)C)C(=O)NC(CC(=O)O)C(=O)NC(C)C(=O)NC(CCC(=O)O)C(=O)NC(Cc3ccccc3)C(=O)NC(CCCCNc3ccc([N+](=O)[O-])cc3)C(N)=O)C(C)C)cc(=O)oc2c1. The zero-order valence-electron chi connectivity index (χ0n) is 58.9. The topological polar surface area (TPSA) is 604 Å². The van der Waals surface area contributed by atoms with Crippen LogP contribution >= 0.6 is 0 Å². The predicted octanol–water partition coefficient (Wildman–Crippen LogP) is -2.10. The van der Waals surface area contributed by atoms with Crippen molar-refractivity contribution in [1.82, 2.24) is 53.2 Å². The molecule has 0 aliphatic heterocycles. The molecule has 4 aromatic rings. The van der Waals surface area contributed by atoms with E-state index in [9.17, 15) is 107 Å². The van der Waals surface area contributed by atoms with Gasteiger partial charge in [0.1, 0.15) is 71.8 Å². The van der Waals surface area contributed by atoms with Gasteiger partial charge < -0.3 is 99.5 Å². The molecule has 10 atom stereocenters. The Hall–Kier alpha value is -12.1. The number of nitro groups is 1. The van der Waals surface area contributed by atoms with E-state index in [0.29, 0.717) is 41.8 Å². The number of carbonyl (C=O) groups excluding carboxylic acids is 12. The molecule has 1 aromatic heterocycles. The number of unbranched alkanes of at least 4 members (excludes halogenated alkanes) is 1. The molecule has 0 saturated heterocycles. The molecule has 0 spiro atoms. The Bertz CT molecular complexity index is 3890. The summed E-state index contributed by atoms with van der Waals surface area (Å²) >= 11 is 0. The summed E-state index contributed by atoms with van der Waals surface area (Å²) in [4.78, 5) is 223. The van der Waals surface area contributed by atoms with Gasteiger partial charge in [-0.15, -0.1) is 0 Å². The van der Waals surface area contributed by atoms with Crippen molar-refractivity contribution in [3.63, 3.8) is 0 Å². The number of hydrogen-bond acceptors (Lipinski definition) is 22. The normalized spacial score (nSPS) is 13.9. The lowest BCUT2D eigenvalue weighted by Gasteiger charge is -2.29. The van der Waals surface area contributed by atoms with Gasteiger partial charge in [-0.05, 0) is 92.7 Å². The molecule has 10 unspecified atom stereocenters. The van der Waals surface area contributed by atoms with Gasteiger partial charge in [0.15, 0.2) is 0 Å². The number of nitro benzene ring substituents is 1. The molecule has 3 aromatic carbocycles. The summed E-state index contributed by atoms with van der Waals surface area (Å²) < 4.78 is 10.4. The van der Waals surface area contributed by atoms with E-state index < -0.39 is 223 Å². The number of amides is 12. The number of methoxy groups -OCH3 is 1. The summed E-state index contributed by atoms with van der Waals surface area (Å²) in [6.07, 6.45) is -5.01. The third-order valence-electron chi connectivity index (χ3n) is 16.1. The van der Waals surface area contributed by atoms with Crippen LogP contribution in [-0.4, -0.2) is 195 Å². The van der Waals surface area contributed by atoms with Gasteiger partial charge in [-0.3, -0.25) is 82.0 Å². The summed E-state index contributed by atoms with van der Waals surface area (Å²) in [5, 5.41) is 77.0. The molecule has 4 rings (SSSR count). The van der Waals surface area contributed by atoms with E-state index >= 15 is 0 Å². The minimum Gasteiger partial charge on any atom is -0.497 e. The Kier molecular flexibility index (Phi) is 34.6. The number of rotatable bonds is 46. The van der Waals surface area contributed by atoms with Crippen molar-refractivity contribution >= 4 is 111 Å². The van der Waals surface area contributed by atoms with Gasteiger partial charge >= 0.3 is 23.5 Å². The number of benzene rings is 3. The average Bonchev–Trinajstić information content (AvgIpc) is 0.801. The maximum absolute atomic E-state index is 14.2. The van der Waals surface area contributed by atoms with E-state index in [4.69, 9.17) is 20.6 Å². The average molecular weight is 1490 g/mol. The van der Waals surface area contributed by atoms with Gasteiger partial charge in [0.05, 0.1) is 37.9 Å². The maximum Gasteiger partial charge on any atom is 0.336 e. The van der Waals surface area contributed by atoms with Crippen LogP contribution in [0.5, 0.6) is 5.75 Å². The third-order valence-corrected chi connectivity index (χ3v) is 16.1. The number of fused-ring (bicyclic) bond motifs is 1. The molecule has 38 heteroatoms. The van der Waals surface area contributed by atoms with Crippen LogP contribution in [0.4, 0.5) is 11.4 Å². The fourth-order valence-corrected chi connectivity index (χ4v) is 10.5. The lowest BCUT2D eigenvalue weighted by Crippen LogP contribution is -2.61. The summed E-state index contributed by atoms with van der Waals surface area (Å²) in [6.45, 7) is 6.41. The monoisotopic (exact) mass is 1490 g/mol. The molecular formula is C68H90N14O24. The van der Waals surface area contributed by atoms with E-state index in [1.807, 2.05) is 0 Å². The second-order valence-electron chi connectivity index (χ2n) is 25.4. The molecule has 1 heterocycles. The number of ether oxygens (including phenoxy) is 1. The van der Waals surface area contributed by atoms with Gasteiger partial charge in [-0.2, -0.15) is 0 Å². The Morgan fingerprint density at radius 1 is 0.547 bits per heavy atom. The van der Waals surface area contributed by atoms with Gasteiger partial charge in [0, 0.05) is 61.1 Å². The second kappa shape index (κ2) is 42.5. The van der Waals surface area contributed by atoms with Crippen molar-refractivity contribution in [2.75, 3.05) is 25.6 Å². The molecule has 0 bridgehead atoms. The van der Waals surface area contributed by atoms with Crippen LogP contribution in [0.25, 0.3) is 11.0 Å². The van der Waals surface area contributed by atoms with Crippen molar-refractivity contribution in [1.29, 1.82) is 0 Å². The predicted molar refractivity (Wildman–Crippen MR) is 374 cm³/mol. The fourth-order valence-electron chi connectivity index (χ4n) is 10.5. The van der Waals surface area contributed by atoms with Crippen molar-refractivity contribution < 1.29 is 106 Å². The number of aliphatic hydroxyl groups is 1.